The Labute approximate surface area is 222 Å². The van der Waals surface area contributed by atoms with Crippen LogP contribution in [0.3, 0.4) is 0 Å². The molecule has 2 bridgehead atoms. The van der Waals surface area contributed by atoms with Gasteiger partial charge in [0.1, 0.15) is 18.2 Å². The van der Waals surface area contributed by atoms with Crippen LogP contribution in [0.25, 0.3) is 0 Å². The van der Waals surface area contributed by atoms with Gasteiger partial charge in [0.15, 0.2) is 0 Å². The van der Waals surface area contributed by atoms with Gasteiger partial charge in [-0.25, -0.2) is 0 Å². The van der Waals surface area contributed by atoms with Crippen LogP contribution in [0.1, 0.15) is 52.4 Å². The van der Waals surface area contributed by atoms with Crippen molar-refractivity contribution in [1.29, 1.82) is 0 Å². The minimum Gasteiger partial charge on any atom is -0.461 e. The average Bonchev–Trinajstić information content (AvgIpc) is 3.45. The maximum atomic E-state index is 14.5. The molecule has 1 spiro atoms. The van der Waals surface area contributed by atoms with Crippen molar-refractivity contribution in [1.82, 2.24) is 9.80 Å². The summed E-state index contributed by atoms with van der Waals surface area (Å²) in [6.07, 6.45) is 8.14. The van der Waals surface area contributed by atoms with Gasteiger partial charge in [0.25, 0.3) is 0 Å². The van der Waals surface area contributed by atoms with Crippen molar-refractivity contribution >= 4 is 33.7 Å². The molecule has 0 aromatic rings. The number of esters is 1. The summed E-state index contributed by atoms with van der Waals surface area (Å²) < 4.78 is 11.9. The van der Waals surface area contributed by atoms with Crippen molar-refractivity contribution in [2.75, 3.05) is 19.8 Å². The van der Waals surface area contributed by atoms with E-state index in [-0.39, 0.29) is 41.8 Å². The molecule has 3 aliphatic heterocycles. The summed E-state index contributed by atoms with van der Waals surface area (Å²) in [6.45, 7) is 11.5. The number of carbonyl (C=O) groups excluding carboxylic acids is 3. The second-order valence-electron chi connectivity index (χ2n) is 10.9. The summed E-state index contributed by atoms with van der Waals surface area (Å²) in [4.78, 5) is 45.0. The Morgan fingerprint density at radius 3 is 2.56 bits per heavy atom. The zero-order chi connectivity index (χ0) is 26.2. The molecule has 4 fully saturated rings. The van der Waals surface area contributed by atoms with Crippen molar-refractivity contribution in [2.24, 2.45) is 17.8 Å². The van der Waals surface area contributed by atoms with Gasteiger partial charge in [0.05, 0.1) is 30.6 Å². The number of halogens is 1. The molecule has 1 saturated carbocycles. The second-order valence-corrected chi connectivity index (χ2v) is 12.1. The maximum absolute atomic E-state index is 14.5. The molecule has 0 aromatic carbocycles. The SMILES string of the molecule is C=CCOC(=O)[C@H]1[C@@H]2OC3(CC2Br)C(C(=O)N(CC=C)C2CCCCC2)N([C@@H](CO)C(C)C)C(=O)[C@H]13. The summed E-state index contributed by atoms with van der Waals surface area (Å²) in [7, 11) is 0. The Morgan fingerprint density at radius 2 is 1.97 bits per heavy atom. The molecule has 0 aromatic heterocycles. The zero-order valence-electron chi connectivity index (χ0n) is 21.3. The molecule has 200 valence electrons. The Morgan fingerprint density at radius 1 is 1.28 bits per heavy atom. The van der Waals surface area contributed by atoms with Crippen LogP contribution in [-0.2, 0) is 23.9 Å². The smallest absolute Gasteiger partial charge is 0.312 e. The van der Waals surface area contributed by atoms with Gasteiger partial charge in [-0.15, -0.1) is 6.58 Å². The predicted molar refractivity (Wildman–Crippen MR) is 138 cm³/mol. The largest absolute Gasteiger partial charge is 0.461 e. The summed E-state index contributed by atoms with van der Waals surface area (Å²) >= 11 is 3.67. The number of rotatable bonds is 10. The highest BCUT2D eigenvalue weighted by Gasteiger charge is 2.77. The summed E-state index contributed by atoms with van der Waals surface area (Å²) in [5.74, 6) is -2.78. The maximum Gasteiger partial charge on any atom is 0.312 e. The molecule has 1 aliphatic carbocycles. The number of alkyl halides is 1. The Hall–Kier alpha value is -1.71. The van der Waals surface area contributed by atoms with E-state index in [1.54, 1.807) is 11.0 Å². The number of carbonyl (C=O) groups is 3. The van der Waals surface area contributed by atoms with Crippen molar-refractivity contribution in [2.45, 2.75) is 87.0 Å². The fourth-order valence-corrected chi connectivity index (χ4v) is 7.88. The second kappa shape index (κ2) is 11.0. The van der Waals surface area contributed by atoms with Gasteiger partial charge in [-0.1, -0.05) is 67.8 Å². The molecule has 3 heterocycles. The standard InChI is InChI=1S/C27H39BrN2O6/c1-5-12-29(17-10-8-7-9-11-17)25(33)23-27-14-18(28)22(36-27)20(26(34)35-13-6-2)21(27)24(32)30(23)19(15-31)16(3)4/h5-6,16-23,31H,1-2,7-15H2,3-4H3/t18?,19-,20+,21-,22+,23?,27?/m0/s1. The first-order valence-electron chi connectivity index (χ1n) is 13.2. The van der Waals surface area contributed by atoms with Crippen molar-refractivity contribution in [3.05, 3.63) is 25.3 Å². The Bertz CT molecular complexity index is 889. The summed E-state index contributed by atoms with van der Waals surface area (Å²) in [5.41, 5.74) is -1.17. The number of fused-ring (bicyclic) bond motifs is 1. The van der Waals surface area contributed by atoms with E-state index in [1.165, 1.54) is 6.08 Å². The Kier molecular flexibility index (Phi) is 8.32. The lowest BCUT2D eigenvalue weighted by Crippen LogP contribution is -2.61. The number of nitrogens with zero attached hydrogens (tertiary/aromatic N) is 2. The van der Waals surface area contributed by atoms with Crippen LogP contribution in [0.4, 0.5) is 0 Å². The van der Waals surface area contributed by atoms with Crippen molar-refractivity contribution in [3.8, 4) is 0 Å². The monoisotopic (exact) mass is 566 g/mol. The minimum absolute atomic E-state index is 0.0367. The van der Waals surface area contributed by atoms with Gasteiger partial charge in [-0.2, -0.15) is 0 Å². The molecule has 2 amide bonds. The molecule has 1 N–H and O–H groups in total. The number of hydrogen-bond acceptors (Lipinski definition) is 6. The number of amides is 2. The fraction of sp³-hybridized carbons (Fsp3) is 0.741. The van der Waals surface area contributed by atoms with E-state index in [9.17, 15) is 19.5 Å². The summed E-state index contributed by atoms with van der Waals surface area (Å²) in [5, 5.41) is 10.4. The number of hydrogen-bond donors (Lipinski definition) is 1. The van der Waals surface area contributed by atoms with Crippen LogP contribution in [0.2, 0.25) is 0 Å². The highest BCUT2D eigenvalue weighted by atomic mass is 79.9. The van der Waals surface area contributed by atoms with E-state index in [0.29, 0.717) is 13.0 Å². The highest BCUT2D eigenvalue weighted by Crippen LogP contribution is 2.61. The van der Waals surface area contributed by atoms with Crippen molar-refractivity contribution in [3.63, 3.8) is 0 Å². The van der Waals surface area contributed by atoms with E-state index in [1.807, 2.05) is 18.7 Å². The third-order valence-electron chi connectivity index (χ3n) is 8.51. The van der Waals surface area contributed by atoms with Gasteiger partial charge in [-0.05, 0) is 25.2 Å². The molecule has 4 aliphatic rings. The third kappa shape index (κ3) is 4.35. The van der Waals surface area contributed by atoms with E-state index in [2.05, 4.69) is 29.1 Å². The number of aliphatic hydroxyl groups is 1. The topological polar surface area (TPSA) is 96.4 Å². The first-order valence-corrected chi connectivity index (χ1v) is 14.1. The van der Waals surface area contributed by atoms with Crippen molar-refractivity contribution < 1.29 is 29.0 Å². The number of aliphatic hydroxyl groups excluding tert-OH is 1. The molecular formula is C27H39BrN2O6. The molecule has 4 rings (SSSR count). The minimum atomic E-state index is -1.17. The number of ether oxygens (including phenoxy) is 2. The predicted octanol–water partition coefficient (Wildman–Crippen LogP) is 2.83. The van der Waals surface area contributed by atoms with Gasteiger partial charge < -0.3 is 24.4 Å². The summed E-state index contributed by atoms with van der Waals surface area (Å²) in [6, 6.07) is -1.45. The van der Waals surface area contributed by atoms with Crippen LogP contribution in [-0.4, -0.2) is 87.1 Å². The quantitative estimate of drug-likeness (QED) is 0.248. The molecule has 36 heavy (non-hydrogen) atoms. The highest BCUT2D eigenvalue weighted by molar-refractivity contribution is 9.09. The first kappa shape index (κ1) is 27.3. The Balaban J connectivity index is 1.79. The van der Waals surface area contributed by atoms with Gasteiger partial charge in [-0.3, -0.25) is 14.4 Å². The lowest BCUT2D eigenvalue weighted by Gasteiger charge is -2.43. The lowest BCUT2D eigenvalue weighted by molar-refractivity contribution is -0.157. The van der Waals surface area contributed by atoms with Gasteiger partial charge in [0, 0.05) is 17.4 Å². The van der Waals surface area contributed by atoms with Crippen LogP contribution in [0.5, 0.6) is 0 Å². The molecule has 3 saturated heterocycles. The van der Waals surface area contributed by atoms with Crippen LogP contribution in [0.15, 0.2) is 25.3 Å². The molecule has 3 unspecified atom stereocenters. The fourth-order valence-electron chi connectivity index (χ4n) is 6.94. The lowest BCUT2D eigenvalue weighted by atomic mass is 9.70. The van der Waals surface area contributed by atoms with E-state index in [0.717, 1.165) is 32.1 Å². The average molecular weight is 568 g/mol. The molecule has 9 heteroatoms. The van der Waals surface area contributed by atoms with Crippen LogP contribution >= 0.6 is 15.9 Å². The van der Waals surface area contributed by atoms with Gasteiger partial charge >= 0.3 is 5.97 Å². The zero-order valence-corrected chi connectivity index (χ0v) is 22.9. The molecule has 7 atom stereocenters. The number of likely N-dealkylation sites (tertiary alicyclic amines) is 1. The van der Waals surface area contributed by atoms with Crippen LogP contribution in [0, 0.1) is 17.8 Å². The first-order chi connectivity index (χ1) is 17.2. The van der Waals surface area contributed by atoms with Crippen LogP contribution < -0.4 is 0 Å². The molecular weight excluding hydrogens is 528 g/mol. The third-order valence-corrected chi connectivity index (χ3v) is 9.36. The van der Waals surface area contributed by atoms with E-state index in [4.69, 9.17) is 9.47 Å². The van der Waals surface area contributed by atoms with E-state index < -0.39 is 41.6 Å². The molecule has 0 radical (unpaired) electrons. The van der Waals surface area contributed by atoms with E-state index >= 15 is 0 Å². The molecule has 8 nitrogen and oxygen atoms in total. The normalized spacial score (nSPS) is 34.5. The van der Waals surface area contributed by atoms with Gasteiger partial charge in [0.2, 0.25) is 11.8 Å².